The Morgan fingerprint density at radius 2 is 2.31 bits per heavy atom. The molecule has 0 aliphatic rings. The van der Waals surface area contributed by atoms with Crippen LogP contribution in [0.4, 0.5) is 0 Å². The average Bonchev–Trinajstić information content (AvgIpc) is 2.47. The van der Waals surface area contributed by atoms with Crippen molar-refractivity contribution in [1.29, 1.82) is 0 Å². The zero-order valence-electron chi connectivity index (χ0n) is 8.40. The molecule has 0 bridgehead atoms. The van der Waals surface area contributed by atoms with Crippen LogP contribution < -0.4 is 5.73 Å². The molecule has 0 saturated heterocycles. The molecule has 1 rings (SSSR count). The minimum atomic E-state index is 0.252. The average molecular weight is 199 g/mol. The number of hydrogen-bond acceptors (Lipinski definition) is 3. The minimum Gasteiger partial charge on any atom is -0.329 e. The second-order valence-electron chi connectivity index (χ2n) is 3.54. The number of nitrogens with zero attached hydrogens (tertiary/aromatic N) is 2. The molecule has 0 fully saturated rings. The maximum absolute atomic E-state index is 5.93. The second-order valence-corrected chi connectivity index (χ2v) is 4.53. The van der Waals surface area contributed by atoms with E-state index in [9.17, 15) is 0 Å². The van der Waals surface area contributed by atoms with E-state index in [1.54, 1.807) is 11.8 Å². The molecule has 1 atom stereocenters. The first-order valence-corrected chi connectivity index (χ1v) is 5.45. The molecule has 0 aliphatic heterocycles. The topological polar surface area (TPSA) is 43.8 Å². The summed E-state index contributed by atoms with van der Waals surface area (Å²) in [6, 6.07) is 0.252. The lowest BCUT2D eigenvalue weighted by molar-refractivity contribution is 0.535. The lowest BCUT2D eigenvalue weighted by atomic mass is 10.1. The highest BCUT2D eigenvalue weighted by molar-refractivity contribution is 7.99. The standard InChI is InChI=1S/C9H17N3S/c1-7(2)8(10)6-13-9-11-4-5-12(9)3/h4-5,7-8H,6,10H2,1-3H3. The van der Waals surface area contributed by atoms with E-state index in [1.165, 1.54) is 0 Å². The smallest absolute Gasteiger partial charge is 0.167 e. The summed E-state index contributed by atoms with van der Waals surface area (Å²) in [6.07, 6.45) is 3.76. The Balaban J connectivity index is 2.39. The molecule has 2 N–H and O–H groups in total. The number of aryl methyl sites for hydroxylation is 1. The molecule has 1 aromatic rings. The van der Waals surface area contributed by atoms with Crippen LogP contribution in [0.2, 0.25) is 0 Å². The van der Waals surface area contributed by atoms with E-state index in [0.29, 0.717) is 5.92 Å². The summed E-state index contributed by atoms with van der Waals surface area (Å²) < 4.78 is 2.01. The normalized spacial score (nSPS) is 13.6. The van der Waals surface area contributed by atoms with Crippen molar-refractivity contribution in [3.63, 3.8) is 0 Å². The number of hydrogen-bond donors (Lipinski definition) is 1. The first kappa shape index (κ1) is 10.6. The van der Waals surface area contributed by atoms with Crippen molar-refractivity contribution >= 4 is 11.8 Å². The van der Waals surface area contributed by atoms with E-state index < -0.39 is 0 Å². The van der Waals surface area contributed by atoms with Gasteiger partial charge < -0.3 is 10.3 Å². The van der Waals surface area contributed by atoms with E-state index in [4.69, 9.17) is 5.73 Å². The summed E-state index contributed by atoms with van der Waals surface area (Å²) >= 11 is 1.72. The Kier molecular flexibility index (Phi) is 3.81. The quantitative estimate of drug-likeness (QED) is 0.747. The number of thioether (sulfide) groups is 1. The predicted octanol–water partition coefficient (Wildman–Crippen LogP) is 1.50. The fourth-order valence-electron chi connectivity index (χ4n) is 0.854. The Hall–Kier alpha value is -0.480. The van der Waals surface area contributed by atoms with Gasteiger partial charge in [0, 0.05) is 31.2 Å². The molecular weight excluding hydrogens is 182 g/mol. The third-order valence-corrected chi connectivity index (χ3v) is 3.24. The van der Waals surface area contributed by atoms with Gasteiger partial charge in [-0.3, -0.25) is 0 Å². The molecule has 0 aliphatic carbocycles. The molecular formula is C9H17N3S. The van der Waals surface area contributed by atoms with Crippen molar-refractivity contribution in [2.24, 2.45) is 18.7 Å². The van der Waals surface area contributed by atoms with Gasteiger partial charge in [0.15, 0.2) is 5.16 Å². The molecule has 0 spiro atoms. The van der Waals surface area contributed by atoms with Crippen LogP contribution in [-0.2, 0) is 7.05 Å². The van der Waals surface area contributed by atoms with Crippen LogP contribution in [-0.4, -0.2) is 21.3 Å². The monoisotopic (exact) mass is 199 g/mol. The van der Waals surface area contributed by atoms with Gasteiger partial charge in [0.1, 0.15) is 0 Å². The van der Waals surface area contributed by atoms with E-state index >= 15 is 0 Å². The van der Waals surface area contributed by atoms with Crippen molar-refractivity contribution in [3.05, 3.63) is 12.4 Å². The van der Waals surface area contributed by atoms with Gasteiger partial charge in [-0.15, -0.1) is 0 Å². The van der Waals surface area contributed by atoms with Crippen molar-refractivity contribution in [2.45, 2.75) is 25.0 Å². The largest absolute Gasteiger partial charge is 0.329 e. The van der Waals surface area contributed by atoms with Gasteiger partial charge in [0.2, 0.25) is 0 Å². The van der Waals surface area contributed by atoms with E-state index in [-0.39, 0.29) is 6.04 Å². The molecule has 0 aromatic carbocycles. The summed E-state index contributed by atoms with van der Waals surface area (Å²) in [7, 11) is 2.00. The fraction of sp³-hybridized carbons (Fsp3) is 0.667. The number of aromatic nitrogens is 2. The highest BCUT2D eigenvalue weighted by Gasteiger charge is 2.09. The van der Waals surface area contributed by atoms with Crippen LogP contribution in [0.15, 0.2) is 17.6 Å². The second kappa shape index (κ2) is 4.67. The summed E-state index contributed by atoms with van der Waals surface area (Å²) in [6.45, 7) is 4.29. The molecule has 13 heavy (non-hydrogen) atoms. The van der Waals surface area contributed by atoms with E-state index in [2.05, 4.69) is 18.8 Å². The highest BCUT2D eigenvalue weighted by Crippen LogP contribution is 2.16. The van der Waals surface area contributed by atoms with Gasteiger partial charge in [-0.2, -0.15) is 0 Å². The molecule has 1 unspecified atom stereocenters. The lowest BCUT2D eigenvalue weighted by Gasteiger charge is -2.14. The lowest BCUT2D eigenvalue weighted by Crippen LogP contribution is -2.28. The number of rotatable bonds is 4. The maximum atomic E-state index is 5.93. The Labute approximate surface area is 83.7 Å². The number of imidazole rings is 1. The molecule has 0 radical (unpaired) electrons. The maximum Gasteiger partial charge on any atom is 0.167 e. The Morgan fingerprint density at radius 3 is 2.77 bits per heavy atom. The predicted molar refractivity (Wildman–Crippen MR) is 56.7 cm³/mol. The van der Waals surface area contributed by atoms with Crippen molar-refractivity contribution < 1.29 is 0 Å². The molecule has 0 saturated carbocycles. The zero-order valence-corrected chi connectivity index (χ0v) is 9.21. The van der Waals surface area contributed by atoms with Crippen molar-refractivity contribution in [2.75, 3.05) is 5.75 Å². The fourth-order valence-corrected chi connectivity index (χ4v) is 1.98. The molecule has 0 amide bonds. The van der Waals surface area contributed by atoms with Crippen LogP contribution in [0.3, 0.4) is 0 Å². The Morgan fingerprint density at radius 1 is 1.62 bits per heavy atom. The van der Waals surface area contributed by atoms with Gasteiger partial charge in [0.05, 0.1) is 0 Å². The molecule has 4 heteroatoms. The third kappa shape index (κ3) is 3.04. The van der Waals surface area contributed by atoms with E-state index in [1.807, 2.05) is 24.0 Å². The van der Waals surface area contributed by atoms with Crippen LogP contribution >= 0.6 is 11.8 Å². The van der Waals surface area contributed by atoms with Crippen LogP contribution in [0, 0.1) is 5.92 Å². The van der Waals surface area contributed by atoms with Gasteiger partial charge >= 0.3 is 0 Å². The highest BCUT2D eigenvalue weighted by atomic mass is 32.2. The van der Waals surface area contributed by atoms with Crippen molar-refractivity contribution in [3.8, 4) is 0 Å². The molecule has 1 aromatic heterocycles. The molecule has 3 nitrogen and oxygen atoms in total. The van der Waals surface area contributed by atoms with Crippen molar-refractivity contribution in [1.82, 2.24) is 9.55 Å². The number of nitrogens with two attached hydrogens (primary N) is 1. The van der Waals surface area contributed by atoms with Gasteiger partial charge in [-0.1, -0.05) is 25.6 Å². The zero-order chi connectivity index (χ0) is 9.84. The summed E-state index contributed by atoms with van der Waals surface area (Å²) in [5.41, 5.74) is 5.93. The first-order valence-electron chi connectivity index (χ1n) is 4.47. The van der Waals surface area contributed by atoms with Crippen LogP contribution in [0.25, 0.3) is 0 Å². The summed E-state index contributed by atoms with van der Waals surface area (Å²) in [4.78, 5) is 4.22. The first-order chi connectivity index (χ1) is 6.11. The van der Waals surface area contributed by atoms with Gasteiger partial charge in [-0.25, -0.2) is 4.98 Å². The van der Waals surface area contributed by atoms with Crippen LogP contribution in [0.5, 0.6) is 0 Å². The Bertz CT molecular complexity index is 257. The summed E-state index contributed by atoms with van der Waals surface area (Å²) in [5, 5.41) is 1.04. The molecule has 1 heterocycles. The minimum absolute atomic E-state index is 0.252. The summed E-state index contributed by atoms with van der Waals surface area (Å²) in [5.74, 6) is 1.47. The van der Waals surface area contributed by atoms with E-state index in [0.717, 1.165) is 10.9 Å². The molecule has 74 valence electrons. The van der Waals surface area contributed by atoms with Crippen LogP contribution in [0.1, 0.15) is 13.8 Å². The third-order valence-electron chi connectivity index (χ3n) is 2.04. The van der Waals surface area contributed by atoms with Gasteiger partial charge in [-0.05, 0) is 5.92 Å². The van der Waals surface area contributed by atoms with Gasteiger partial charge in [0.25, 0.3) is 0 Å². The SMILES string of the molecule is CC(C)C(N)CSc1nccn1C.